The number of hydrogen-bond donors (Lipinski definition) is 1. The molecule has 1 heterocycles. The molecule has 0 saturated heterocycles. The van der Waals surface area contributed by atoms with Gasteiger partial charge in [-0.25, -0.2) is 4.79 Å². The number of aromatic hydroxyl groups is 1. The van der Waals surface area contributed by atoms with E-state index >= 15 is 0 Å². The van der Waals surface area contributed by atoms with Gasteiger partial charge >= 0.3 is 5.63 Å². The Morgan fingerprint density at radius 2 is 1.75 bits per heavy atom. The van der Waals surface area contributed by atoms with Gasteiger partial charge in [0.1, 0.15) is 11.5 Å². The molecule has 24 heavy (non-hydrogen) atoms. The summed E-state index contributed by atoms with van der Waals surface area (Å²) in [6.07, 6.45) is 7.07. The third-order valence-corrected chi connectivity index (χ3v) is 4.80. The smallest absolute Gasteiger partial charge is 0.342 e. The molecule has 3 atom stereocenters. The van der Waals surface area contributed by atoms with Crippen LogP contribution >= 0.6 is 0 Å². The molecule has 136 valence electrons. The molecule has 3 nitrogen and oxygen atoms in total. The number of rotatable bonds is 8. The summed E-state index contributed by atoms with van der Waals surface area (Å²) in [5.41, 5.74) is 1.37. The van der Waals surface area contributed by atoms with Crippen LogP contribution in [0.3, 0.4) is 0 Å². The lowest BCUT2D eigenvalue weighted by Crippen LogP contribution is -2.08. The van der Waals surface area contributed by atoms with Crippen LogP contribution in [0.15, 0.2) is 15.3 Å². The summed E-state index contributed by atoms with van der Waals surface area (Å²) in [5.74, 6) is 2.40. The average molecular weight is 335 g/mol. The summed E-state index contributed by atoms with van der Waals surface area (Å²) >= 11 is 0. The second kappa shape index (κ2) is 9.10. The zero-order valence-corrected chi connectivity index (χ0v) is 16.4. The lowest BCUT2D eigenvalue weighted by molar-refractivity contribution is 0.353. The molecule has 0 bridgehead atoms. The maximum Gasteiger partial charge on any atom is 0.342 e. The maximum absolute atomic E-state index is 11.8. The molecular formula is C21H34O3. The van der Waals surface area contributed by atoms with Crippen molar-refractivity contribution >= 4 is 5.57 Å². The Kier molecular flexibility index (Phi) is 7.78. The van der Waals surface area contributed by atoms with Crippen LogP contribution < -0.4 is 5.63 Å². The van der Waals surface area contributed by atoms with Gasteiger partial charge in [-0.3, -0.25) is 0 Å². The molecule has 0 aromatic carbocycles. The quantitative estimate of drug-likeness (QED) is 0.648. The van der Waals surface area contributed by atoms with Crippen LogP contribution in [0.2, 0.25) is 0 Å². The van der Waals surface area contributed by atoms with Crippen LogP contribution in [0.4, 0.5) is 0 Å². The van der Waals surface area contributed by atoms with E-state index in [1.165, 1.54) is 19.3 Å². The van der Waals surface area contributed by atoms with E-state index in [0.717, 1.165) is 17.9 Å². The van der Waals surface area contributed by atoms with Crippen LogP contribution in [0.1, 0.15) is 77.2 Å². The van der Waals surface area contributed by atoms with Crippen molar-refractivity contribution in [3.63, 3.8) is 0 Å². The zero-order valence-electron chi connectivity index (χ0n) is 16.4. The van der Waals surface area contributed by atoms with Gasteiger partial charge in [0.2, 0.25) is 0 Å². The topological polar surface area (TPSA) is 50.4 Å². The third-order valence-electron chi connectivity index (χ3n) is 4.80. The van der Waals surface area contributed by atoms with Crippen molar-refractivity contribution in [2.24, 2.45) is 17.8 Å². The van der Waals surface area contributed by atoms with Crippen molar-refractivity contribution in [3.05, 3.63) is 33.4 Å². The Balaban J connectivity index is 2.84. The Labute approximate surface area is 146 Å². The molecule has 0 aliphatic rings. The number of allylic oxidation sites excluding steroid dienone is 2. The van der Waals surface area contributed by atoms with Crippen molar-refractivity contribution in [2.45, 2.75) is 74.1 Å². The number of hydrogen-bond acceptors (Lipinski definition) is 3. The molecule has 0 radical (unpaired) electrons. The average Bonchev–Trinajstić information content (AvgIpc) is 2.48. The molecule has 0 amide bonds. The molecule has 0 saturated carbocycles. The summed E-state index contributed by atoms with van der Waals surface area (Å²) in [4.78, 5) is 11.8. The minimum atomic E-state index is -0.463. The van der Waals surface area contributed by atoms with E-state index in [0.29, 0.717) is 23.2 Å². The SMILES string of the molecule is CCC[C@H](C)C[C@H](C)C[C@H](C)/C=C(\C)c1oc(=O)c(C)c(O)c1C. The fraction of sp³-hybridized carbons (Fsp3) is 0.667. The summed E-state index contributed by atoms with van der Waals surface area (Å²) in [7, 11) is 0. The minimum Gasteiger partial charge on any atom is -0.507 e. The lowest BCUT2D eigenvalue weighted by Gasteiger charge is -2.19. The second-order valence-corrected chi connectivity index (χ2v) is 7.61. The van der Waals surface area contributed by atoms with Gasteiger partial charge in [0.15, 0.2) is 0 Å². The molecule has 0 unspecified atom stereocenters. The summed E-state index contributed by atoms with van der Waals surface area (Å²) in [5, 5.41) is 10.1. The van der Waals surface area contributed by atoms with Gasteiger partial charge in [0.25, 0.3) is 0 Å². The predicted molar refractivity (Wildman–Crippen MR) is 101 cm³/mol. The van der Waals surface area contributed by atoms with Crippen LogP contribution in [-0.2, 0) is 0 Å². The predicted octanol–water partition coefficient (Wildman–Crippen LogP) is 5.85. The van der Waals surface area contributed by atoms with E-state index in [1.807, 2.05) is 6.92 Å². The van der Waals surface area contributed by atoms with E-state index in [-0.39, 0.29) is 11.3 Å². The molecule has 0 aliphatic carbocycles. The van der Waals surface area contributed by atoms with Gasteiger partial charge in [-0.15, -0.1) is 0 Å². The largest absolute Gasteiger partial charge is 0.507 e. The maximum atomic E-state index is 11.8. The molecule has 0 fully saturated rings. The van der Waals surface area contributed by atoms with Gasteiger partial charge in [-0.1, -0.05) is 46.6 Å². The van der Waals surface area contributed by atoms with Crippen molar-refractivity contribution in [1.82, 2.24) is 0 Å². The van der Waals surface area contributed by atoms with Crippen molar-refractivity contribution < 1.29 is 9.52 Å². The van der Waals surface area contributed by atoms with E-state index in [1.54, 1.807) is 13.8 Å². The molecule has 1 aromatic heterocycles. The molecule has 1 aromatic rings. The van der Waals surface area contributed by atoms with Crippen molar-refractivity contribution in [1.29, 1.82) is 0 Å². The Bertz CT molecular complexity index is 625. The van der Waals surface area contributed by atoms with E-state index in [9.17, 15) is 9.90 Å². The molecule has 1 rings (SSSR count). The van der Waals surface area contributed by atoms with Gasteiger partial charge in [0, 0.05) is 5.56 Å². The lowest BCUT2D eigenvalue weighted by atomic mass is 9.87. The molecule has 3 heteroatoms. The molecular weight excluding hydrogens is 300 g/mol. The third kappa shape index (κ3) is 5.54. The minimum absolute atomic E-state index is 0.0448. The van der Waals surface area contributed by atoms with Crippen LogP contribution in [-0.4, -0.2) is 5.11 Å². The highest BCUT2D eigenvalue weighted by molar-refractivity contribution is 5.64. The van der Waals surface area contributed by atoms with Crippen molar-refractivity contribution in [3.8, 4) is 5.75 Å². The van der Waals surface area contributed by atoms with Crippen LogP contribution in [0.5, 0.6) is 5.75 Å². The fourth-order valence-corrected chi connectivity index (χ4v) is 3.71. The fourth-order valence-electron chi connectivity index (χ4n) is 3.71. The second-order valence-electron chi connectivity index (χ2n) is 7.61. The monoisotopic (exact) mass is 334 g/mol. The highest BCUT2D eigenvalue weighted by Crippen LogP contribution is 2.29. The summed E-state index contributed by atoms with van der Waals surface area (Å²) < 4.78 is 5.40. The van der Waals surface area contributed by atoms with E-state index in [4.69, 9.17) is 4.42 Å². The molecule has 1 N–H and O–H groups in total. The summed E-state index contributed by atoms with van der Waals surface area (Å²) in [6, 6.07) is 0. The van der Waals surface area contributed by atoms with Crippen LogP contribution in [0.25, 0.3) is 5.57 Å². The standard InChI is InChI=1S/C21H34O3/c1-8-9-13(2)10-14(3)11-15(4)12-16(5)20-17(6)19(22)18(7)21(23)24-20/h12-15,22H,8-11H2,1-7H3/b16-12+/t13-,14-,15-/m0/s1. The first kappa shape index (κ1) is 20.5. The van der Waals surface area contributed by atoms with Gasteiger partial charge in [0.05, 0.1) is 5.56 Å². The summed E-state index contributed by atoms with van der Waals surface area (Å²) in [6.45, 7) is 14.4. The van der Waals surface area contributed by atoms with E-state index < -0.39 is 5.63 Å². The first-order valence-electron chi connectivity index (χ1n) is 9.19. The molecule has 0 spiro atoms. The van der Waals surface area contributed by atoms with E-state index in [2.05, 4.69) is 33.8 Å². The van der Waals surface area contributed by atoms with Gasteiger partial charge < -0.3 is 9.52 Å². The van der Waals surface area contributed by atoms with Gasteiger partial charge in [-0.05, 0) is 56.9 Å². The highest BCUT2D eigenvalue weighted by Gasteiger charge is 2.16. The van der Waals surface area contributed by atoms with Crippen LogP contribution in [0, 0.1) is 31.6 Å². The normalized spacial score (nSPS) is 16.0. The first-order valence-corrected chi connectivity index (χ1v) is 9.19. The Morgan fingerprint density at radius 3 is 2.33 bits per heavy atom. The Hall–Kier alpha value is -1.51. The highest BCUT2D eigenvalue weighted by atomic mass is 16.4. The molecule has 0 aliphatic heterocycles. The Morgan fingerprint density at radius 1 is 1.12 bits per heavy atom. The zero-order chi connectivity index (χ0) is 18.4. The first-order chi connectivity index (χ1) is 11.2. The van der Waals surface area contributed by atoms with Crippen molar-refractivity contribution in [2.75, 3.05) is 0 Å². The van der Waals surface area contributed by atoms with Gasteiger partial charge in [-0.2, -0.15) is 0 Å².